The molecule has 0 atom stereocenters. The number of hydrogen-bond acceptors (Lipinski definition) is 8. The molecule has 0 N–H and O–H groups in total. The molecule has 0 radical (unpaired) electrons. The number of hydrogen-bond donors (Lipinski definition) is 0. The number of nitro groups is 1. The van der Waals surface area contributed by atoms with Gasteiger partial charge in [0.1, 0.15) is 12.4 Å². The van der Waals surface area contributed by atoms with Crippen molar-refractivity contribution in [2.24, 2.45) is 5.10 Å². The molecule has 0 spiro atoms. The van der Waals surface area contributed by atoms with Crippen molar-refractivity contribution in [1.82, 2.24) is 14.9 Å². The Kier molecular flexibility index (Phi) is 7.36. The fourth-order valence-corrected chi connectivity index (χ4v) is 3.25. The topological polar surface area (TPSA) is 105 Å². The molecule has 12 heteroatoms. The Bertz CT molecular complexity index is 1150. The van der Waals surface area contributed by atoms with Gasteiger partial charge in [-0.3, -0.25) is 10.1 Å². The number of nitro benzene ring substituents is 1. The van der Waals surface area contributed by atoms with E-state index in [4.69, 9.17) is 9.47 Å². The Labute approximate surface area is 186 Å². The molecule has 0 aliphatic rings. The van der Waals surface area contributed by atoms with E-state index < -0.39 is 17.2 Å². The van der Waals surface area contributed by atoms with Crippen molar-refractivity contribution in [2.45, 2.75) is 25.1 Å². The van der Waals surface area contributed by atoms with Crippen LogP contribution in [0.25, 0.3) is 0 Å². The molecule has 0 fully saturated rings. The zero-order valence-electron chi connectivity index (χ0n) is 17.4. The highest BCUT2D eigenvalue weighted by molar-refractivity contribution is 7.98. The zero-order chi connectivity index (χ0) is 23.3. The summed E-state index contributed by atoms with van der Waals surface area (Å²) in [4.78, 5) is 10.8. The molecule has 1 heterocycles. The second-order valence-electron chi connectivity index (χ2n) is 6.49. The van der Waals surface area contributed by atoms with Crippen LogP contribution in [0.5, 0.6) is 11.5 Å². The molecule has 0 bridgehead atoms. The van der Waals surface area contributed by atoms with Gasteiger partial charge in [-0.2, -0.15) is 9.78 Å². The third-order valence-electron chi connectivity index (χ3n) is 4.33. The molecule has 1 aromatic heterocycles. The van der Waals surface area contributed by atoms with E-state index in [0.29, 0.717) is 16.9 Å². The molecule has 3 rings (SSSR count). The first-order valence-electron chi connectivity index (χ1n) is 9.20. The summed E-state index contributed by atoms with van der Waals surface area (Å²) in [6, 6.07) is 9.72. The van der Waals surface area contributed by atoms with Gasteiger partial charge in [-0.25, -0.2) is 8.78 Å². The van der Waals surface area contributed by atoms with Crippen molar-refractivity contribution in [3.63, 3.8) is 0 Å². The minimum Gasteiger partial charge on any atom is -0.496 e. The highest BCUT2D eigenvalue weighted by Crippen LogP contribution is 2.30. The Morgan fingerprint density at radius 3 is 2.66 bits per heavy atom. The summed E-state index contributed by atoms with van der Waals surface area (Å²) in [6.07, 6.45) is 0.232. The molecule has 3 aromatic rings. The number of thioether (sulfide) groups is 1. The lowest BCUT2D eigenvalue weighted by molar-refractivity contribution is -0.386. The van der Waals surface area contributed by atoms with Crippen LogP contribution in [-0.2, 0) is 6.61 Å². The molecule has 0 saturated carbocycles. The first-order chi connectivity index (χ1) is 15.3. The molecule has 0 aliphatic carbocycles. The Morgan fingerprint density at radius 2 is 2.00 bits per heavy atom. The molecule has 2 aromatic carbocycles. The number of aryl methyl sites for hydroxylation is 1. The maximum absolute atomic E-state index is 13.2. The third-order valence-corrected chi connectivity index (χ3v) is 4.95. The number of halogens is 2. The van der Waals surface area contributed by atoms with Crippen molar-refractivity contribution in [1.29, 1.82) is 0 Å². The lowest BCUT2D eigenvalue weighted by Gasteiger charge is -2.11. The summed E-state index contributed by atoms with van der Waals surface area (Å²) < 4.78 is 38.3. The Hall–Kier alpha value is -3.54. The Morgan fingerprint density at radius 1 is 1.25 bits per heavy atom. The highest BCUT2D eigenvalue weighted by Gasteiger charge is 2.19. The number of aromatic nitrogens is 3. The van der Waals surface area contributed by atoms with E-state index in [1.165, 1.54) is 25.5 Å². The summed E-state index contributed by atoms with van der Waals surface area (Å²) in [5, 5.41) is 22.8. The zero-order valence-corrected chi connectivity index (χ0v) is 18.2. The van der Waals surface area contributed by atoms with Gasteiger partial charge < -0.3 is 9.47 Å². The van der Waals surface area contributed by atoms with Gasteiger partial charge in [0.2, 0.25) is 11.0 Å². The van der Waals surface area contributed by atoms with Gasteiger partial charge in [-0.15, -0.1) is 10.2 Å². The average molecular weight is 463 g/mol. The van der Waals surface area contributed by atoms with Crippen LogP contribution >= 0.6 is 11.8 Å². The smallest absolute Gasteiger partial charge is 0.311 e. The van der Waals surface area contributed by atoms with Crippen molar-refractivity contribution >= 4 is 23.7 Å². The van der Waals surface area contributed by atoms with E-state index >= 15 is 0 Å². The average Bonchev–Trinajstić information content (AvgIpc) is 3.20. The van der Waals surface area contributed by atoms with E-state index in [1.807, 2.05) is 0 Å². The Balaban J connectivity index is 1.87. The number of methoxy groups -OCH3 is 1. The monoisotopic (exact) mass is 463 g/mol. The normalized spacial score (nSPS) is 11.3. The number of nitrogens with zero attached hydrogens (tertiary/aromatic N) is 5. The van der Waals surface area contributed by atoms with E-state index in [1.54, 1.807) is 37.4 Å². The van der Waals surface area contributed by atoms with Crippen LogP contribution in [0.3, 0.4) is 0 Å². The quantitative estimate of drug-likeness (QED) is 0.197. The summed E-state index contributed by atoms with van der Waals surface area (Å²) in [6.45, 7) is 1.74. The van der Waals surface area contributed by atoms with Gasteiger partial charge in [0, 0.05) is 11.6 Å². The molecule has 168 valence electrons. The largest absolute Gasteiger partial charge is 0.496 e. The predicted molar refractivity (Wildman–Crippen MR) is 115 cm³/mol. The molecular formula is C20H19F2N5O4S. The molecule has 0 saturated heterocycles. The lowest BCUT2D eigenvalue weighted by Crippen LogP contribution is -2.03. The van der Waals surface area contributed by atoms with Gasteiger partial charge in [-0.05, 0) is 48.6 Å². The SMILES string of the molecule is COc1ccc(/C=N/n2c(SC)nnc2C(F)F)cc1COc1ccc(C)cc1[N+](=O)[O-]. The minimum atomic E-state index is -2.83. The van der Waals surface area contributed by atoms with Crippen LogP contribution in [0.2, 0.25) is 0 Å². The third kappa shape index (κ3) is 5.19. The van der Waals surface area contributed by atoms with Gasteiger partial charge in [-0.1, -0.05) is 17.8 Å². The molecule has 0 amide bonds. The lowest BCUT2D eigenvalue weighted by atomic mass is 10.1. The number of benzene rings is 2. The molecular weight excluding hydrogens is 444 g/mol. The fraction of sp³-hybridized carbons (Fsp3) is 0.250. The maximum atomic E-state index is 13.2. The standard InChI is InChI=1S/C20H19F2N5O4S/c1-12-4-6-17(15(8-12)27(28)29)31-11-14-9-13(5-7-16(14)30-2)10-23-26-19(18(21)22)24-25-20(26)32-3/h4-10,18H,11H2,1-3H3/b23-10+. The first kappa shape index (κ1) is 23.1. The summed E-state index contributed by atoms with van der Waals surface area (Å²) >= 11 is 1.14. The number of alkyl halides is 2. The summed E-state index contributed by atoms with van der Waals surface area (Å²) in [5.74, 6) is 0.0611. The van der Waals surface area contributed by atoms with E-state index in [-0.39, 0.29) is 23.2 Å². The first-order valence-corrected chi connectivity index (χ1v) is 10.4. The second kappa shape index (κ2) is 10.2. The van der Waals surface area contributed by atoms with Gasteiger partial charge in [0.05, 0.1) is 18.2 Å². The van der Waals surface area contributed by atoms with Crippen LogP contribution in [0.15, 0.2) is 46.7 Å². The minimum absolute atomic E-state index is 0.0142. The molecule has 9 nitrogen and oxygen atoms in total. The van der Waals surface area contributed by atoms with Crippen LogP contribution < -0.4 is 9.47 Å². The van der Waals surface area contributed by atoms with E-state index in [9.17, 15) is 18.9 Å². The van der Waals surface area contributed by atoms with Crippen LogP contribution in [0.1, 0.15) is 28.9 Å². The maximum Gasteiger partial charge on any atom is 0.311 e. The van der Waals surface area contributed by atoms with Crippen LogP contribution in [-0.4, -0.2) is 39.4 Å². The highest BCUT2D eigenvalue weighted by atomic mass is 32.2. The molecule has 32 heavy (non-hydrogen) atoms. The van der Waals surface area contributed by atoms with E-state index in [0.717, 1.165) is 22.0 Å². The van der Waals surface area contributed by atoms with Crippen molar-refractivity contribution in [3.05, 3.63) is 69.0 Å². The predicted octanol–water partition coefficient (Wildman–Crippen LogP) is 4.62. The van der Waals surface area contributed by atoms with Crippen molar-refractivity contribution in [2.75, 3.05) is 13.4 Å². The number of rotatable bonds is 9. The van der Waals surface area contributed by atoms with E-state index in [2.05, 4.69) is 15.3 Å². The van der Waals surface area contributed by atoms with Gasteiger partial charge >= 0.3 is 5.69 Å². The summed E-state index contributed by atoms with van der Waals surface area (Å²) in [7, 11) is 1.48. The summed E-state index contributed by atoms with van der Waals surface area (Å²) in [5.41, 5.74) is 1.76. The van der Waals surface area contributed by atoms with Crippen LogP contribution in [0.4, 0.5) is 14.5 Å². The number of ether oxygens (including phenoxy) is 2. The van der Waals surface area contributed by atoms with Gasteiger partial charge in [0.15, 0.2) is 5.75 Å². The van der Waals surface area contributed by atoms with Crippen molar-refractivity contribution < 1.29 is 23.2 Å². The van der Waals surface area contributed by atoms with Crippen LogP contribution in [0, 0.1) is 17.0 Å². The second-order valence-corrected chi connectivity index (χ2v) is 7.26. The van der Waals surface area contributed by atoms with Gasteiger partial charge in [0.25, 0.3) is 6.43 Å². The molecule has 0 unspecified atom stereocenters. The van der Waals surface area contributed by atoms with Crippen molar-refractivity contribution in [3.8, 4) is 11.5 Å². The fourth-order valence-electron chi connectivity index (χ4n) is 2.81. The molecule has 0 aliphatic heterocycles.